The van der Waals surface area contributed by atoms with Crippen molar-refractivity contribution in [3.8, 4) is 5.75 Å². The second kappa shape index (κ2) is 7.26. The molecule has 1 saturated heterocycles. The number of aromatic hydroxyl groups is 1. The summed E-state index contributed by atoms with van der Waals surface area (Å²) in [5.74, 6) is -1.27. The Balaban J connectivity index is 1.81. The number of nitrogens with zero attached hydrogens (tertiary/aromatic N) is 1. The number of hydrogen-bond donors (Lipinski definition) is 2. The number of phenols is 1. The third kappa shape index (κ3) is 3.68. The highest BCUT2D eigenvalue weighted by Crippen LogP contribution is 2.33. The van der Waals surface area contributed by atoms with Gasteiger partial charge in [0.15, 0.2) is 4.32 Å². The van der Waals surface area contributed by atoms with E-state index in [1.807, 2.05) is 0 Å². The average molecular weight is 391 g/mol. The van der Waals surface area contributed by atoms with Gasteiger partial charge in [0.1, 0.15) is 5.75 Å². The maximum Gasteiger partial charge on any atom is 0.285 e. The van der Waals surface area contributed by atoms with E-state index < -0.39 is 11.8 Å². The SMILES string of the molecule is O=C(NN1C(=O)/C(=C/c2ccccc2Cl)SC1=S)c1ccccc1O. The number of rotatable bonds is 3. The monoisotopic (exact) mass is 390 g/mol. The van der Waals surface area contributed by atoms with Crippen LogP contribution < -0.4 is 5.43 Å². The van der Waals surface area contributed by atoms with Crippen LogP contribution in [0.2, 0.25) is 5.02 Å². The van der Waals surface area contributed by atoms with Gasteiger partial charge in [-0.05, 0) is 42.1 Å². The minimum absolute atomic E-state index is 0.0478. The largest absolute Gasteiger partial charge is 0.507 e. The lowest BCUT2D eigenvalue weighted by Gasteiger charge is -2.16. The molecule has 0 radical (unpaired) electrons. The fourth-order valence-electron chi connectivity index (χ4n) is 2.12. The molecule has 0 spiro atoms. The minimum atomic E-state index is -0.631. The summed E-state index contributed by atoms with van der Waals surface area (Å²) in [4.78, 5) is 25.1. The summed E-state index contributed by atoms with van der Waals surface area (Å²) in [7, 11) is 0. The van der Waals surface area contributed by atoms with E-state index in [-0.39, 0.29) is 15.6 Å². The van der Waals surface area contributed by atoms with E-state index in [4.69, 9.17) is 23.8 Å². The van der Waals surface area contributed by atoms with E-state index in [0.29, 0.717) is 15.5 Å². The Labute approximate surface area is 158 Å². The molecule has 2 N–H and O–H groups in total. The highest BCUT2D eigenvalue weighted by molar-refractivity contribution is 8.26. The van der Waals surface area contributed by atoms with Crippen molar-refractivity contribution in [2.75, 3.05) is 0 Å². The van der Waals surface area contributed by atoms with E-state index in [0.717, 1.165) is 16.8 Å². The van der Waals surface area contributed by atoms with Gasteiger partial charge in [-0.25, -0.2) is 0 Å². The molecule has 8 heteroatoms. The molecule has 0 aromatic heterocycles. The van der Waals surface area contributed by atoms with Gasteiger partial charge in [0.2, 0.25) is 0 Å². The van der Waals surface area contributed by atoms with Crippen molar-refractivity contribution in [1.29, 1.82) is 0 Å². The van der Waals surface area contributed by atoms with Gasteiger partial charge >= 0.3 is 0 Å². The molecule has 0 atom stereocenters. The molecule has 0 aliphatic carbocycles. The molecule has 2 aromatic rings. The Hall–Kier alpha value is -2.35. The van der Waals surface area contributed by atoms with Crippen LogP contribution >= 0.6 is 35.6 Å². The lowest BCUT2D eigenvalue weighted by Crippen LogP contribution is -2.44. The quantitative estimate of drug-likeness (QED) is 0.619. The second-order valence-electron chi connectivity index (χ2n) is 5.00. The maximum atomic E-state index is 12.5. The predicted molar refractivity (Wildman–Crippen MR) is 102 cm³/mol. The topological polar surface area (TPSA) is 69.6 Å². The zero-order chi connectivity index (χ0) is 18.0. The van der Waals surface area contributed by atoms with E-state index in [9.17, 15) is 14.7 Å². The van der Waals surface area contributed by atoms with Crippen molar-refractivity contribution in [1.82, 2.24) is 10.4 Å². The first-order valence-corrected chi connectivity index (χ1v) is 8.69. The van der Waals surface area contributed by atoms with E-state index in [1.54, 1.807) is 42.5 Å². The van der Waals surface area contributed by atoms with Crippen LogP contribution in [0.15, 0.2) is 53.4 Å². The summed E-state index contributed by atoms with van der Waals surface area (Å²) >= 11 is 12.3. The van der Waals surface area contributed by atoms with Crippen LogP contribution in [0.1, 0.15) is 15.9 Å². The number of thioether (sulfide) groups is 1. The van der Waals surface area contributed by atoms with Crippen LogP contribution in [0.4, 0.5) is 0 Å². The number of halogens is 1. The summed E-state index contributed by atoms with van der Waals surface area (Å²) in [6, 6.07) is 13.1. The number of phenolic OH excluding ortho intramolecular Hbond substituents is 1. The number of benzene rings is 2. The maximum absolute atomic E-state index is 12.5. The molecule has 1 heterocycles. The van der Waals surface area contributed by atoms with E-state index in [1.165, 1.54) is 12.1 Å². The van der Waals surface area contributed by atoms with Crippen LogP contribution in [0.5, 0.6) is 5.75 Å². The van der Waals surface area contributed by atoms with Crippen molar-refractivity contribution in [3.05, 3.63) is 69.6 Å². The van der Waals surface area contributed by atoms with Gasteiger partial charge in [0.05, 0.1) is 10.5 Å². The van der Waals surface area contributed by atoms with Crippen molar-refractivity contribution < 1.29 is 14.7 Å². The highest BCUT2D eigenvalue weighted by Gasteiger charge is 2.34. The van der Waals surface area contributed by atoms with Gasteiger partial charge in [-0.3, -0.25) is 15.0 Å². The van der Waals surface area contributed by atoms with Gasteiger partial charge in [0, 0.05) is 5.02 Å². The van der Waals surface area contributed by atoms with Crippen LogP contribution in [0.3, 0.4) is 0 Å². The van der Waals surface area contributed by atoms with Gasteiger partial charge in [0.25, 0.3) is 11.8 Å². The number of para-hydroxylation sites is 1. The molecule has 2 aromatic carbocycles. The number of hydrogen-bond acceptors (Lipinski definition) is 5. The second-order valence-corrected chi connectivity index (χ2v) is 7.08. The van der Waals surface area contributed by atoms with Crippen molar-refractivity contribution in [2.24, 2.45) is 0 Å². The molecule has 1 aliphatic heterocycles. The number of carbonyl (C=O) groups is 2. The van der Waals surface area contributed by atoms with Gasteiger partial charge in [-0.1, -0.05) is 53.7 Å². The van der Waals surface area contributed by atoms with Crippen LogP contribution in [-0.4, -0.2) is 26.3 Å². The average Bonchev–Trinajstić information content (AvgIpc) is 2.85. The summed E-state index contributed by atoms with van der Waals surface area (Å²) in [5, 5.41) is 11.2. The molecule has 2 amide bonds. The zero-order valence-electron chi connectivity index (χ0n) is 12.6. The zero-order valence-corrected chi connectivity index (χ0v) is 15.0. The Morgan fingerprint density at radius 3 is 2.60 bits per heavy atom. The third-order valence-electron chi connectivity index (χ3n) is 3.35. The molecule has 1 aliphatic rings. The summed E-state index contributed by atoms with van der Waals surface area (Å²) in [5.41, 5.74) is 3.14. The molecule has 0 saturated carbocycles. The first kappa shape index (κ1) is 17.5. The molecule has 0 unspecified atom stereocenters. The molecule has 0 bridgehead atoms. The fraction of sp³-hybridized carbons (Fsp3) is 0. The van der Waals surface area contributed by atoms with Crippen LogP contribution in [0.25, 0.3) is 6.08 Å². The number of hydrazine groups is 1. The fourth-order valence-corrected chi connectivity index (χ4v) is 3.49. The molecular weight excluding hydrogens is 380 g/mol. The summed E-state index contributed by atoms with van der Waals surface area (Å²) in [6.45, 7) is 0. The Kier molecular flexibility index (Phi) is 5.08. The Morgan fingerprint density at radius 2 is 1.88 bits per heavy atom. The molecule has 25 heavy (non-hydrogen) atoms. The van der Waals surface area contributed by atoms with Gasteiger partial charge in [-0.2, -0.15) is 5.01 Å². The van der Waals surface area contributed by atoms with Gasteiger partial charge in [-0.15, -0.1) is 0 Å². The first-order chi connectivity index (χ1) is 12.0. The predicted octanol–water partition coefficient (Wildman–Crippen LogP) is 3.59. The normalized spacial score (nSPS) is 15.7. The molecule has 126 valence electrons. The third-order valence-corrected chi connectivity index (χ3v) is 4.99. The van der Waals surface area contributed by atoms with Gasteiger partial charge < -0.3 is 5.11 Å². The number of carbonyl (C=O) groups excluding carboxylic acids is 2. The standard InChI is InChI=1S/C17H11ClN2O3S2/c18-12-7-3-1-5-10(12)9-14-16(23)20(17(24)25-14)19-15(22)11-6-2-4-8-13(11)21/h1-9,21H,(H,19,22)/b14-9-. The molecule has 3 rings (SSSR count). The van der Waals surface area contributed by atoms with Crippen molar-refractivity contribution >= 4 is 57.8 Å². The summed E-state index contributed by atoms with van der Waals surface area (Å²) in [6.07, 6.45) is 1.62. The number of amides is 2. The lowest BCUT2D eigenvalue weighted by atomic mass is 10.2. The van der Waals surface area contributed by atoms with E-state index in [2.05, 4.69) is 5.43 Å². The molecule has 5 nitrogen and oxygen atoms in total. The summed E-state index contributed by atoms with van der Waals surface area (Å²) < 4.78 is 0.187. The minimum Gasteiger partial charge on any atom is -0.507 e. The lowest BCUT2D eigenvalue weighted by molar-refractivity contribution is -0.123. The highest BCUT2D eigenvalue weighted by atomic mass is 35.5. The Bertz CT molecular complexity index is 914. The van der Waals surface area contributed by atoms with E-state index >= 15 is 0 Å². The van der Waals surface area contributed by atoms with Crippen molar-refractivity contribution in [3.63, 3.8) is 0 Å². The molecular formula is C17H11ClN2O3S2. The van der Waals surface area contributed by atoms with Crippen LogP contribution in [-0.2, 0) is 4.79 Å². The first-order valence-electron chi connectivity index (χ1n) is 7.09. The van der Waals surface area contributed by atoms with Crippen molar-refractivity contribution in [2.45, 2.75) is 0 Å². The molecule has 1 fully saturated rings. The smallest absolute Gasteiger partial charge is 0.285 e. The van der Waals surface area contributed by atoms with Crippen LogP contribution in [0, 0.1) is 0 Å². The number of nitrogens with one attached hydrogen (secondary N) is 1. The Morgan fingerprint density at radius 1 is 1.20 bits per heavy atom. The number of thiocarbonyl (C=S) groups is 1.